The summed E-state index contributed by atoms with van der Waals surface area (Å²) in [4.78, 5) is 0. The highest BCUT2D eigenvalue weighted by Crippen LogP contribution is 2.37. The van der Waals surface area contributed by atoms with Crippen molar-refractivity contribution in [2.24, 2.45) is 0 Å². The Kier molecular flexibility index (Phi) is 5.43. The lowest BCUT2D eigenvalue weighted by Crippen LogP contribution is -2.28. The van der Waals surface area contributed by atoms with Crippen molar-refractivity contribution < 1.29 is 9.15 Å². The summed E-state index contributed by atoms with van der Waals surface area (Å²) in [7, 11) is 1.73. The van der Waals surface area contributed by atoms with Crippen molar-refractivity contribution in [2.75, 3.05) is 26.8 Å². The third-order valence-corrected chi connectivity index (χ3v) is 4.08. The molecule has 0 spiro atoms. The van der Waals surface area contributed by atoms with Gasteiger partial charge in [-0.1, -0.05) is 39.0 Å². The van der Waals surface area contributed by atoms with Crippen LogP contribution in [0.15, 0.2) is 28.7 Å². The standard InChI is InChI=1S/C18H27NO2/c1-5-15-17(14-8-6-7-9-16(14)21-15)18(2,3)10-11-19-12-13-20-4/h6-9,19H,5,10-13H2,1-4H3. The highest BCUT2D eigenvalue weighted by atomic mass is 16.5. The number of nitrogens with one attached hydrogen (secondary N) is 1. The van der Waals surface area contributed by atoms with Gasteiger partial charge in [0.25, 0.3) is 0 Å². The van der Waals surface area contributed by atoms with Crippen LogP contribution < -0.4 is 5.32 Å². The molecule has 0 saturated heterocycles. The van der Waals surface area contributed by atoms with Gasteiger partial charge < -0.3 is 14.5 Å². The van der Waals surface area contributed by atoms with Crippen LogP contribution in [0.1, 0.15) is 38.5 Å². The van der Waals surface area contributed by atoms with Crippen molar-refractivity contribution in [3.8, 4) is 0 Å². The molecule has 0 aliphatic rings. The monoisotopic (exact) mass is 289 g/mol. The molecule has 0 bridgehead atoms. The second-order valence-corrected chi connectivity index (χ2v) is 6.13. The van der Waals surface area contributed by atoms with E-state index in [1.165, 1.54) is 10.9 Å². The van der Waals surface area contributed by atoms with E-state index in [-0.39, 0.29) is 5.41 Å². The third kappa shape index (κ3) is 3.66. The Morgan fingerprint density at radius 3 is 2.67 bits per heavy atom. The molecule has 0 fully saturated rings. The zero-order valence-electron chi connectivity index (χ0n) is 13.7. The Hall–Kier alpha value is -1.32. The van der Waals surface area contributed by atoms with Crippen LogP contribution in [-0.2, 0) is 16.6 Å². The molecule has 21 heavy (non-hydrogen) atoms. The average molecular weight is 289 g/mol. The largest absolute Gasteiger partial charge is 0.461 e. The first-order chi connectivity index (χ1) is 10.1. The minimum absolute atomic E-state index is 0.0953. The Labute approximate surface area is 127 Å². The molecule has 0 aliphatic carbocycles. The topological polar surface area (TPSA) is 34.4 Å². The molecule has 3 heteroatoms. The van der Waals surface area contributed by atoms with Crippen molar-refractivity contribution in [1.29, 1.82) is 0 Å². The number of ether oxygens (including phenoxy) is 1. The van der Waals surface area contributed by atoms with E-state index < -0.39 is 0 Å². The lowest BCUT2D eigenvalue weighted by atomic mass is 9.79. The SMILES string of the molecule is CCc1oc2ccccc2c1C(C)(C)CCNCCOC. The first-order valence-corrected chi connectivity index (χ1v) is 7.80. The second kappa shape index (κ2) is 7.10. The van der Waals surface area contributed by atoms with Gasteiger partial charge in [-0.05, 0) is 24.4 Å². The Morgan fingerprint density at radius 2 is 1.95 bits per heavy atom. The number of fused-ring (bicyclic) bond motifs is 1. The molecule has 1 aromatic carbocycles. The van der Waals surface area contributed by atoms with Crippen LogP contribution >= 0.6 is 0 Å². The van der Waals surface area contributed by atoms with Gasteiger partial charge in [-0.15, -0.1) is 0 Å². The Morgan fingerprint density at radius 1 is 1.19 bits per heavy atom. The molecule has 0 saturated carbocycles. The lowest BCUT2D eigenvalue weighted by Gasteiger charge is -2.25. The van der Waals surface area contributed by atoms with Crippen LogP contribution in [0.3, 0.4) is 0 Å². The number of rotatable bonds is 8. The minimum atomic E-state index is 0.0953. The smallest absolute Gasteiger partial charge is 0.134 e. The Balaban J connectivity index is 2.18. The number of aryl methyl sites for hydroxylation is 1. The fraction of sp³-hybridized carbons (Fsp3) is 0.556. The maximum absolute atomic E-state index is 6.04. The second-order valence-electron chi connectivity index (χ2n) is 6.13. The van der Waals surface area contributed by atoms with Gasteiger partial charge in [0.15, 0.2) is 0 Å². The van der Waals surface area contributed by atoms with Crippen molar-refractivity contribution in [1.82, 2.24) is 5.32 Å². The normalized spacial score (nSPS) is 12.2. The van der Waals surface area contributed by atoms with Crippen LogP contribution in [-0.4, -0.2) is 26.8 Å². The minimum Gasteiger partial charge on any atom is -0.461 e. The fourth-order valence-corrected chi connectivity index (χ4v) is 2.91. The summed E-state index contributed by atoms with van der Waals surface area (Å²) in [6.07, 6.45) is 2.01. The number of hydrogen-bond donors (Lipinski definition) is 1. The van der Waals surface area contributed by atoms with Gasteiger partial charge in [-0.2, -0.15) is 0 Å². The van der Waals surface area contributed by atoms with E-state index in [2.05, 4.69) is 44.3 Å². The van der Waals surface area contributed by atoms with E-state index in [4.69, 9.17) is 9.15 Å². The van der Waals surface area contributed by atoms with Crippen molar-refractivity contribution in [2.45, 2.75) is 39.0 Å². The fourth-order valence-electron chi connectivity index (χ4n) is 2.91. The first-order valence-electron chi connectivity index (χ1n) is 7.80. The molecule has 1 heterocycles. The van der Waals surface area contributed by atoms with E-state index in [0.29, 0.717) is 0 Å². The summed E-state index contributed by atoms with van der Waals surface area (Å²) < 4.78 is 11.1. The third-order valence-electron chi connectivity index (χ3n) is 4.08. The molecule has 0 radical (unpaired) electrons. The van der Waals surface area contributed by atoms with E-state index >= 15 is 0 Å². The van der Waals surface area contributed by atoms with Crippen LogP contribution in [0.25, 0.3) is 11.0 Å². The predicted octanol–water partition coefficient (Wildman–Crippen LogP) is 3.90. The van der Waals surface area contributed by atoms with E-state index in [0.717, 1.165) is 43.9 Å². The summed E-state index contributed by atoms with van der Waals surface area (Å²) >= 11 is 0. The van der Waals surface area contributed by atoms with Crippen molar-refractivity contribution in [3.63, 3.8) is 0 Å². The number of methoxy groups -OCH3 is 1. The van der Waals surface area contributed by atoms with Crippen LogP contribution in [0.2, 0.25) is 0 Å². The molecule has 0 amide bonds. The number of benzene rings is 1. The summed E-state index contributed by atoms with van der Waals surface area (Å²) in [6.45, 7) is 9.42. The van der Waals surface area contributed by atoms with Crippen LogP contribution in [0, 0.1) is 0 Å². The molecule has 0 unspecified atom stereocenters. The molecule has 3 nitrogen and oxygen atoms in total. The number of furan rings is 1. The average Bonchev–Trinajstić information content (AvgIpc) is 2.86. The van der Waals surface area contributed by atoms with E-state index in [1.54, 1.807) is 7.11 Å². The van der Waals surface area contributed by atoms with Crippen LogP contribution in [0.5, 0.6) is 0 Å². The molecule has 1 aromatic heterocycles. The molecule has 116 valence electrons. The van der Waals surface area contributed by atoms with E-state index in [1.807, 2.05) is 6.07 Å². The highest BCUT2D eigenvalue weighted by Gasteiger charge is 2.28. The molecule has 1 N–H and O–H groups in total. The van der Waals surface area contributed by atoms with Gasteiger partial charge in [0.1, 0.15) is 11.3 Å². The van der Waals surface area contributed by atoms with Crippen LogP contribution in [0.4, 0.5) is 0 Å². The molecule has 0 aliphatic heterocycles. The molecule has 2 rings (SSSR count). The van der Waals surface area contributed by atoms with Gasteiger partial charge in [0, 0.05) is 31.0 Å². The van der Waals surface area contributed by atoms with E-state index in [9.17, 15) is 0 Å². The number of para-hydroxylation sites is 1. The van der Waals surface area contributed by atoms with Crippen molar-refractivity contribution >= 4 is 11.0 Å². The Bertz CT molecular complexity index is 572. The summed E-state index contributed by atoms with van der Waals surface area (Å²) in [5.74, 6) is 1.12. The molecular formula is C18H27NO2. The van der Waals surface area contributed by atoms with Gasteiger partial charge in [0.05, 0.1) is 6.61 Å². The van der Waals surface area contributed by atoms with Gasteiger partial charge in [-0.25, -0.2) is 0 Å². The maximum Gasteiger partial charge on any atom is 0.134 e. The summed E-state index contributed by atoms with van der Waals surface area (Å²) in [5.41, 5.74) is 2.47. The van der Waals surface area contributed by atoms with Gasteiger partial charge in [0.2, 0.25) is 0 Å². The lowest BCUT2D eigenvalue weighted by molar-refractivity contribution is 0.198. The quantitative estimate of drug-likeness (QED) is 0.748. The zero-order valence-corrected chi connectivity index (χ0v) is 13.7. The summed E-state index contributed by atoms with van der Waals surface area (Å²) in [6, 6.07) is 8.36. The predicted molar refractivity (Wildman–Crippen MR) is 88.0 cm³/mol. The first kappa shape index (κ1) is 16.1. The molecule has 0 atom stereocenters. The highest BCUT2D eigenvalue weighted by molar-refractivity contribution is 5.83. The zero-order chi connectivity index (χ0) is 15.3. The summed E-state index contributed by atoms with van der Waals surface area (Å²) in [5, 5.41) is 4.69. The number of hydrogen-bond acceptors (Lipinski definition) is 3. The van der Waals surface area contributed by atoms with Crippen molar-refractivity contribution in [3.05, 3.63) is 35.6 Å². The molecule has 2 aromatic rings. The van der Waals surface area contributed by atoms with Gasteiger partial charge >= 0.3 is 0 Å². The maximum atomic E-state index is 6.04. The molecular weight excluding hydrogens is 262 g/mol. The van der Waals surface area contributed by atoms with Gasteiger partial charge in [-0.3, -0.25) is 0 Å².